The van der Waals surface area contributed by atoms with Gasteiger partial charge in [-0.05, 0) is 12.1 Å². The zero-order valence-corrected chi connectivity index (χ0v) is 5.13. The maximum absolute atomic E-state index is 5.05. The minimum absolute atomic E-state index is 0.757. The van der Waals surface area contributed by atoms with E-state index in [-0.39, 0.29) is 0 Å². The largest absolute Gasteiger partial charge is 0.469 e. The van der Waals surface area contributed by atoms with Crippen molar-refractivity contribution < 1.29 is 4.42 Å². The van der Waals surface area contributed by atoms with Crippen LogP contribution in [-0.4, -0.2) is 6.54 Å². The van der Waals surface area contributed by atoms with E-state index in [0.29, 0.717) is 0 Å². The fraction of sp³-hybridized carbons (Fsp3) is 0.333. The number of hydrazine groups is 1. The first-order chi connectivity index (χ1) is 4.43. The molecule has 0 spiro atoms. The Morgan fingerprint density at radius 1 is 1.67 bits per heavy atom. The van der Waals surface area contributed by atoms with Gasteiger partial charge in [-0.3, -0.25) is 11.3 Å². The van der Waals surface area contributed by atoms with Gasteiger partial charge >= 0.3 is 0 Å². The summed E-state index contributed by atoms with van der Waals surface area (Å²) in [5, 5.41) is 0. The summed E-state index contributed by atoms with van der Waals surface area (Å²) in [6, 6.07) is 3.79. The van der Waals surface area contributed by atoms with Gasteiger partial charge in [-0.2, -0.15) is 0 Å². The fourth-order valence-electron chi connectivity index (χ4n) is 0.650. The van der Waals surface area contributed by atoms with E-state index in [4.69, 9.17) is 10.3 Å². The van der Waals surface area contributed by atoms with Gasteiger partial charge in [-0.15, -0.1) is 0 Å². The van der Waals surface area contributed by atoms with Crippen LogP contribution in [0.2, 0.25) is 0 Å². The monoisotopic (exact) mass is 126 g/mol. The van der Waals surface area contributed by atoms with Gasteiger partial charge in [0.25, 0.3) is 0 Å². The quantitative estimate of drug-likeness (QED) is 0.452. The van der Waals surface area contributed by atoms with Crippen LogP contribution >= 0.6 is 0 Å². The SMILES string of the molecule is NNCCc1ccco1. The first-order valence-electron chi connectivity index (χ1n) is 2.89. The van der Waals surface area contributed by atoms with Crippen molar-refractivity contribution in [3.8, 4) is 0 Å². The Kier molecular flexibility index (Phi) is 2.30. The predicted molar refractivity (Wildman–Crippen MR) is 34.6 cm³/mol. The first-order valence-corrected chi connectivity index (χ1v) is 2.89. The molecule has 0 unspecified atom stereocenters. The van der Waals surface area contributed by atoms with E-state index in [2.05, 4.69) is 5.43 Å². The highest BCUT2D eigenvalue weighted by Gasteiger charge is 1.91. The molecule has 3 heteroatoms. The van der Waals surface area contributed by atoms with Gasteiger partial charge in [0.05, 0.1) is 6.26 Å². The van der Waals surface area contributed by atoms with Gasteiger partial charge in [0, 0.05) is 13.0 Å². The molecule has 0 amide bonds. The fourth-order valence-corrected chi connectivity index (χ4v) is 0.650. The molecule has 3 nitrogen and oxygen atoms in total. The Hall–Kier alpha value is -0.800. The van der Waals surface area contributed by atoms with E-state index in [1.807, 2.05) is 12.1 Å². The summed E-state index contributed by atoms with van der Waals surface area (Å²) in [4.78, 5) is 0. The lowest BCUT2D eigenvalue weighted by Gasteiger charge is -1.92. The summed E-state index contributed by atoms with van der Waals surface area (Å²) < 4.78 is 5.04. The Morgan fingerprint density at radius 3 is 3.11 bits per heavy atom. The molecule has 3 N–H and O–H groups in total. The van der Waals surface area contributed by atoms with Crippen molar-refractivity contribution in [1.29, 1.82) is 0 Å². The van der Waals surface area contributed by atoms with Crippen LogP contribution in [0.5, 0.6) is 0 Å². The molecule has 0 radical (unpaired) electrons. The smallest absolute Gasteiger partial charge is 0.105 e. The van der Waals surface area contributed by atoms with Crippen molar-refractivity contribution >= 4 is 0 Å². The van der Waals surface area contributed by atoms with Crippen molar-refractivity contribution in [3.63, 3.8) is 0 Å². The summed E-state index contributed by atoms with van der Waals surface area (Å²) in [6.07, 6.45) is 2.51. The number of rotatable bonds is 3. The first kappa shape index (κ1) is 6.32. The molecule has 0 aromatic carbocycles. The van der Waals surface area contributed by atoms with E-state index >= 15 is 0 Å². The summed E-state index contributed by atoms with van der Waals surface area (Å²) >= 11 is 0. The van der Waals surface area contributed by atoms with Crippen LogP contribution in [0, 0.1) is 0 Å². The number of nitrogens with one attached hydrogen (secondary N) is 1. The molecule has 0 bridgehead atoms. The molecule has 0 fully saturated rings. The lowest BCUT2D eigenvalue weighted by atomic mass is 10.3. The van der Waals surface area contributed by atoms with Crippen molar-refractivity contribution in [2.45, 2.75) is 6.42 Å². The molecule has 0 saturated heterocycles. The molecular formula is C6H10N2O. The molecule has 0 aliphatic rings. The van der Waals surface area contributed by atoms with Crippen LogP contribution in [0.15, 0.2) is 22.8 Å². The number of nitrogens with two attached hydrogens (primary N) is 1. The van der Waals surface area contributed by atoms with Crippen LogP contribution < -0.4 is 11.3 Å². The molecule has 1 rings (SSSR count). The molecule has 0 saturated carbocycles. The average molecular weight is 126 g/mol. The van der Waals surface area contributed by atoms with Gasteiger partial charge in [-0.1, -0.05) is 0 Å². The molecule has 1 aromatic rings. The van der Waals surface area contributed by atoms with E-state index in [1.54, 1.807) is 6.26 Å². The summed E-state index contributed by atoms with van der Waals surface area (Å²) in [6.45, 7) is 0.757. The Labute approximate surface area is 53.8 Å². The summed E-state index contributed by atoms with van der Waals surface area (Å²) in [7, 11) is 0. The maximum atomic E-state index is 5.05. The van der Waals surface area contributed by atoms with Gasteiger partial charge in [0.15, 0.2) is 0 Å². The molecule has 0 aliphatic carbocycles. The van der Waals surface area contributed by atoms with Crippen molar-refractivity contribution in [1.82, 2.24) is 5.43 Å². The molecule has 1 heterocycles. The molecule has 50 valence electrons. The average Bonchev–Trinajstić information content (AvgIpc) is 2.34. The molecule has 0 atom stereocenters. The van der Waals surface area contributed by atoms with E-state index in [0.717, 1.165) is 18.7 Å². The maximum Gasteiger partial charge on any atom is 0.105 e. The van der Waals surface area contributed by atoms with Crippen LogP contribution in [0.25, 0.3) is 0 Å². The van der Waals surface area contributed by atoms with Crippen LogP contribution in [0.1, 0.15) is 5.76 Å². The zero-order valence-electron chi connectivity index (χ0n) is 5.13. The van der Waals surface area contributed by atoms with Gasteiger partial charge in [0.2, 0.25) is 0 Å². The van der Waals surface area contributed by atoms with Crippen LogP contribution in [0.3, 0.4) is 0 Å². The number of hydrogen-bond acceptors (Lipinski definition) is 3. The lowest BCUT2D eigenvalue weighted by molar-refractivity contribution is 0.501. The Bertz CT molecular complexity index is 148. The second-order valence-corrected chi connectivity index (χ2v) is 1.78. The molecular weight excluding hydrogens is 116 g/mol. The number of furan rings is 1. The van der Waals surface area contributed by atoms with Gasteiger partial charge < -0.3 is 4.42 Å². The molecule has 0 aliphatic heterocycles. The van der Waals surface area contributed by atoms with Crippen LogP contribution in [-0.2, 0) is 6.42 Å². The van der Waals surface area contributed by atoms with Crippen LogP contribution in [0.4, 0.5) is 0 Å². The Morgan fingerprint density at radius 2 is 2.56 bits per heavy atom. The van der Waals surface area contributed by atoms with Crippen molar-refractivity contribution in [2.75, 3.05) is 6.54 Å². The predicted octanol–water partition coefficient (Wildman–Crippen LogP) is 0.285. The number of hydrogen-bond donors (Lipinski definition) is 2. The van der Waals surface area contributed by atoms with E-state index < -0.39 is 0 Å². The van der Waals surface area contributed by atoms with Crippen molar-refractivity contribution in [2.24, 2.45) is 5.84 Å². The third kappa shape index (κ3) is 1.87. The third-order valence-corrected chi connectivity index (χ3v) is 1.10. The minimum Gasteiger partial charge on any atom is -0.469 e. The highest BCUT2D eigenvalue weighted by Crippen LogP contribution is 1.98. The van der Waals surface area contributed by atoms with Gasteiger partial charge in [-0.25, -0.2) is 0 Å². The minimum atomic E-state index is 0.757. The summed E-state index contributed by atoms with van der Waals surface area (Å²) in [5.74, 6) is 6.02. The van der Waals surface area contributed by atoms with Gasteiger partial charge in [0.1, 0.15) is 5.76 Å². The molecule has 1 aromatic heterocycles. The zero-order chi connectivity index (χ0) is 6.53. The lowest BCUT2D eigenvalue weighted by Crippen LogP contribution is -2.24. The summed E-state index contributed by atoms with van der Waals surface area (Å²) in [5.41, 5.74) is 2.55. The van der Waals surface area contributed by atoms with E-state index in [9.17, 15) is 0 Å². The standard InChI is InChI=1S/C6H10N2O/c7-8-4-3-6-2-1-5-9-6/h1-2,5,8H,3-4,7H2. The highest BCUT2D eigenvalue weighted by molar-refractivity contribution is 4.98. The normalized spacial score (nSPS) is 9.89. The highest BCUT2D eigenvalue weighted by atomic mass is 16.3. The second kappa shape index (κ2) is 3.27. The van der Waals surface area contributed by atoms with E-state index in [1.165, 1.54) is 0 Å². The van der Waals surface area contributed by atoms with Crippen molar-refractivity contribution in [3.05, 3.63) is 24.2 Å². The molecule has 9 heavy (non-hydrogen) atoms. The third-order valence-electron chi connectivity index (χ3n) is 1.10. The topological polar surface area (TPSA) is 51.2 Å². The Balaban J connectivity index is 2.30. The second-order valence-electron chi connectivity index (χ2n) is 1.78.